The molecule has 1 aromatic carbocycles. The number of hydrogen-bond donors (Lipinski definition) is 2. The highest BCUT2D eigenvalue weighted by molar-refractivity contribution is 9.11. The minimum Gasteiger partial charge on any atom is -0.366 e. The maximum atomic E-state index is 12.3. The summed E-state index contributed by atoms with van der Waals surface area (Å²) < 4.78 is 28.2. The number of benzene rings is 1. The number of carbonyl (C=O) groups is 1. The average Bonchev–Trinajstić information content (AvgIpc) is 2.72. The van der Waals surface area contributed by atoms with Crippen LogP contribution in [0.15, 0.2) is 32.3 Å². The zero-order valence-electron chi connectivity index (χ0n) is 11.3. The number of anilines is 1. The van der Waals surface area contributed by atoms with Crippen LogP contribution >= 0.6 is 27.3 Å². The summed E-state index contributed by atoms with van der Waals surface area (Å²) in [6, 6.07) is 6.17. The van der Waals surface area contributed by atoms with E-state index in [1.807, 2.05) is 6.92 Å². The van der Waals surface area contributed by atoms with Crippen molar-refractivity contribution in [2.45, 2.75) is 18.1 Å². The summed E-state index contributed by atoms with van der Waals surface area (Å²) in [4.78, 5) is 11.1. The van der Waals surface area contributed by atoms with Crippen molar-refractivity contribution in [2.75, 3.05) is 4.72 Å². The Hall–Kier alpha value is -1.38. The van der Waals surface area contributed by atoms with E-state index in [4.69, 9.17) is 5.73 Å². The number of aryl methyl sites for hydroxylation is 2. The molecule has 8 heteroatoms. The van der Waals surface area contributed by atoms with Crippen molar-refractivity contribution in [1.29, 1.82) is 0 Å². The van der Waals surface area contributed by atoms with Crippen LogP contribution in [0, 0.1) is 13.8 Å². The lowest BCUT2D eigenvalue weighted by atomic mass is 10.1. The fourth-order valence-corrected chi connectivity index (χ4v) is 5.05. The largest absolute Gasteiger partial charge is 0.366 e. The van der Waals surface area contributed by atoms with E-state index < -0.39 is 15.9 Å². The Labute approximate surface area is 135 Å². The molecule has 5 nitrogen and oxygen atoms in total. The van der Waals surface area contributed by atoms with E-state index in [1.165, 1.54) is 12.1 Å². The highest BCUT2D eigenvalue weighted by Crippen LogP contribution is 2.32. The van der Waals surface area contributed by atoms with E-state index in [0.29, 0.717) is 16.8 Å². The maximum Gasteiger partial charge on any atom is 0.271 e. The lowest BCUT2D eigenvalue weighted by molar-refractivity contribution is 0.1000. The number of halogens is 1. The molecule has 0 aliphatic carbocycles. The average molecular weight is 389 g/mol. The van der Waals surface area contributed by atoms with Crippen LogP contribution < -0.4 is 10.5 Å². The maximum absolute atomic E-state index is 12.3. The Morgan fingerprint density at radius 1 is 1.24 bits per heavy atom. The number of sulfonamides is 1. The second kappa shape index (κ2) is 5.78. The molecule has 112 valence electrons. The second-order valence-corrected chi connectivity index (χ2v) is 8.80. The van der Waals surface area contributed by atoms with Crippen LogP contribution in [0.25, 0.3) is 0 Å². The number of nitrogens with two attached hydrogens (primary N) is 1. The van der Waals surface area contributed by atoms with Gasteiger partial charge in [-0.1, -0.05) is 0 Å². The molecule has 0 bridgehead atoms. The molecule has 0 aliphatic heterocycles. The van der Waals surface area contributed by atoms with Crippen LogP contribution in [0.3, 0.4) is 0 Å². The van der Waals surface area contributed by atoms with E-state index in [-0.39, 0.29) is 4.21 Å². The highest BCUT2D eigenvalue weighted by atomic mass is 79.9. The standard InChI is InChI=1S/C13H13BrN2O3S2/c1-7-5-9(13(15)17)3-4-10(7)16-21(18,19)11-6-8(2)12(14)20-11/h3-6,16H,1-2H3,(H2,15,17). The molecule has 0 spiro atoms. The van der Waals surface area contributed by atoms with Gasteiger partial charge in [0.1, 0.15) is 4.21 Å². The Kier molecular flexibility index (Phi) is 4.40. The molecule has 21 heavy (non-hydrogen) atoms. The number of rotatable bonds is 4. The van der Waals surface area contributed by atoms with Gasteiger partial charge in [-0.3, -0.25) is 9.52 Å². The molecular weight excluding hydrogens is 376 g/mol. The van der Waals surface area contributed by atoms with Gasteiger partial charge >= 0.3 is 0 Å². The zero-order valence-corrected chi connectivity index (χ0v) is 14.5. The monoisotopic (exact) mass is 388 g/mol. The summed E-state index contributed by atoms with van der Waals surface area (Å²) in [6.45, 7) is 3.53. The van der Waals surface area contributed by atoms with Crippen molar-refractivity contribution in [1.82, 2.24) is 0 Å². The van der Waals surface area contributed by atoms with E-state index >= 15 is 0 Å². The minimum absolute atomic E-state index is 0.227. The third-order valence-corrected chi connectivity index (χ3v) is 6.83. The molecule has 0 fully saturated rings. The Balaban J connectivity index is 2.35. The van der Waals surface area contributed by atoms with Gasteiger partial charge in [-0.05, 0) is 65.2 Å². The smallest absolute Gasteiger partial charge is 0.271 e. The number of hydrogen-bond acceptors (Lipinski definition) is 4. The summed E-state index contributed by atoms with van der Waals surface area (Å²) >= 11 is 4.46. The first-order valence-electron chi connectivity index (χ1n) is 5.90. The van der Waals surface area contributed by atoms with Crippen molar-refractivity contribution in [2.24, 2.45) is 5.73 Å². The molecule has 1 amide bonds. The topological polar surface area (TPSA) is 89.3 Å². The number of thiophene rings is 1. The van der Waals surface area contributed by atoms with Gasteiger partial charge in [0, 0.05) is 5.56 Å². The van der Waals surface area contributed by atoms with Gasteiger partial charge in [0.2, 0.25) is 5.91 Å². The molecule has 3 N–H and O–H groups in total. The molecular formula is C13H13BrN2O3S2. The van der Waals surface area contributed by atoms with Crippen LogP contribution in [0.5, 0.6) is 0 Å². The SMILES string of the molecule is Cc1cc(C(N)=O)ccc1NS(=O)(=O)c1cc(C)c(Br)s1. The van der Waals surface area contributed by atoms with Crippen molar-refractivity contribution in [3.8, 4) is 0 Å². The molecule has 0 unspecified atom stereocenters. The first-order valence-corrected chi connectivity index (χ1v) is 8.99. The third-order valence-electron chi connectivity index (χ3n) is 2.85. The fourth-order valence-electron chi connectivity index (χ4n) is 1.69. The van der Waals surface area contributed by atoms with Crippen LogP contribution in [0.2, 0.25) is 0 Å². The predicted molar refractivity (Wildman–Crippen MR) is 87.3 cm³/mol. The normalized spacial score (nSPS) is 11.4. The Bertz CT molecular complexity index is 793. The lowest BCUT2D eigenvalue weighted by Gasteiger charge is -2.10. The van der Waals surface area contributed by atoms with Crippen molar-refractivity contribution >= 4 is 48.9 Å². The highest BCUT2D eigenvalue weighted by Gasteiger charge is 2.19. The minimum atomic E-state index is -3.65. The zero-order chi connectivity index (χ0) is 15.8. The lowest BCUT2D eigenvalue weighted by Crippen LogP contribution is -2.14. The fraction of sp³-hybridized carbons (Fsp3) is 0.154. The summed E-state index contributed by atoms with van der Waals surface area (Å²) in [5.74, 6) is -0.551. The van der Waals surface area contributed by atoms with E-state index in [9.17, 15) is 13.2 Å². The molecule has 1 heterocycles. The van der Waals surface area contributed by atoms with Crippen LogP contribution in [-0.4, -0.2) is 14.3 Å². The molecule has 2 rings (SSSR count). The van der Waals surface area contributed by atoms with E-state index in [1.54, 1.807) is 19.1 Å². The first kappa shape index (κ1) is 16.0. The van der Waals surface area contributed by atoms with Crippen molar-refractivity contribution in [3.05, 3.63) is 44.7 Å². The van der Waals surface area contributed by atoms with Gasteiger partial charge in [-0.2, -0.15) is 0 Å². The van der Waals surface area contributed by atoms with Gasteiger partial charge in [0.15, 0.2) is 0 Å². The summed E-state index contributed by atoms with van der Waals surface area (Å²) in [7, 11) is -3.65. The predicted octanol–water partition coefficient (Wildman–Crippen LogP) is 3.03. The molecule has 0 radical (unpaired) electrons. The van der Waals surface area contributed by atoms with Crippen molar-refractivity contribution < 1.29 is 13.2 Å². The molecule has 1 aromatic heterocycles. The number of carbonyl (C=O) groups excluding carboxylic acids is 1. The Morgan fingerprint density at radius 3 is 2.38 bits per heavy atom. The van der Waals surface area contributed by atoms with Gasteiger partial charge in [-0.15, -0.1) is 11.3 Å². The summed E-state index contributed by atoms with van der Waals surface area (Å²) in [5, 5.41) is 0. The number of primary amides is 1. The van der Waals surface area contributed by atoms with Gasteiger partial charge < -0.3 is 5.73 Å². The first-order chi connectivity index (χ1) is 9.70. The molecule has 2 aromatic rings. The van der Waals surface area contributed by atoms with Crippen LogP contribution in [-0.2, 0) is 10.0 Å². The molecule has 0 saturated carbocycles. The molecule has 0 aliphatic rings. The summed E-state index contributed by atoms with van der Waals surface area (Å²) in [5.41, 5.74) is 7.44. The van der Waals surface area contributed by atoms with E-state index in [0.717, 1.165) is 20.7 Å². The quantitative estimate of drug-likeness (QED) is 0.843. The summed E-state index contributed by atoms with van der Waals surface area (Å²) in [6.07, 6.45) is 0. The van der Waals surface area contributed by atoms with Crippen molar-refractivity contribution in [3.63, 3.8) is 0 Å². The van der Waals surface area contributed by atoms with Crippen LogP contribution in [0.1, 0.15) is 21.5 Å². The Morgan fingerprint density at radius 2 is 1.90 bits per heavy atom. The molecule has 0 atom stereocenters. The van der Waals surface area contributed by atoms with Gasteiger partial charge in [0.05, 0.1) is 9.47 Å². The van der Waals surface area contributed by atoms with Gasteiger partial charge in [0.25, 0.3) is 10.0 Å². The van der Waals surface area contributed by atoms with Crippen LogP contribution in [0.4, 0.5) is 5.69 Å². The number of amides is 1. The number of nitrogens with one attached hydrogen (secondary N) is 1. The van der Waals surface area contributed by atoms with Gasteiger partial charge in [-0.25, -0.2) is 8.42 Å². The molecule has 0 saturated heterocycles. The van der Waals surface area contributed by atoms with E-state index in [2.05, 4.69) is 20.7 Å². The second-order valence-electron chi connectivity index (χ2n) is 4.52. The third kappa shape index (κ3) is 3.45.